The Kier molecular flexibility index (Phi) is 6.09. The van der Waals surface area contributed by atoms with E-state index in [1.807, 2.05) is 24.3 Å². The molecule has 2 N–H and O–H groups in total. The Hall–Kier alpha value is -2.57. The molecule has 1 heterocycles. The molecule has 2 atom stereocenters. The predicted molar refractivity (Wildman–Crippen MR) is 97.2 cm³/mol. The lowest BCUT2D eigenvalue weighted by atomic mass is 10.1. The number of fused-ring (bicyclic) bond motifs is 1. The maximum absolute atomic E-state index is 11.4. The highest BCUT2D eigenvalue weighted by atomic mass is 16.6. The summed E-state index contributed by atoms with van der Waals surface area (Å²) in [4.78, 5) is 11.4. The topological polar surface area (TPSA) is 77.0 Å². The van der Waals surface area contributed by atoms with Crippen LogP contribution in [0, 0.1) is 0 Å². The molecule has 26 heavy (non-hydrogen) atoms. The zero-order valence-corrected chi connectivity index (χ0v) is 14.7. The van der Waals surface area contributed by atoms with Crippen LogP contribution in [0.3, 0.4) is 0 Å². The van der Waals surface area contributed by atoms with Crippen molar-refractivity contribution >= 4 is 5.78 Å². The molecular formula is C20H23NO5. The normalized spacial score (nSPS) is 16.8. The van der Waals surface area contributed by atoms with Crippen molar-refractivity contribution in [1.82, 2.24) is 5.32 Å². The van der Waals surface area contributed by atoms with Gasteiger partial charge in [-0.25, -0.2) is 0 Å². The molecule has 1 aliphatic rings. The van der Waals surface area contributed by atoms with Gasteiger partial charge in [0.1, 0.15) is 31.2 Å². The first-order chi connectivity index (χ1) is 12.6. The molecule has 1 aliphatic heterocycles. The number of para-hydroxylation sites is 2. The standard InChI is InChI=1S/C20H23NO5/c1-14(22)15-5-4-6-17(9-15)24-12-16(23)10-21-11-18-13-25-19-7-2-3-8-20(19)26-18/h2-9,16,18,21,23H,10-13H2,1H3/t16-,18+/m0/s1. The molecule has 0 aliphatic carbocycles. The van der Waals surface area contributed by atoms with Crippen LogP contribution in [0.1, 0.15) is 17.3 Å². The van der Waals surface area contributed by atoms with Gasteiger partial charge in [-0.2, -0.15) is 0 Å². The maximum atomic E-state index is 11.4. The number of carbonyl (C=O) groups is 1. The minimum atomic E-state index is -0.673. The van der Waals surface area contributed by atoms with E-state index in [1.54, 1.807) is 24.3 Å². The van der Waals surface area contributed by atoms with Crippen LogP contribution in [0.15, 0.2) is 48.5 Å². The highest BCUT2D eigenvalue weighted by molar-refractivity contribution is 5.94. The largest absolute Gasteiger partial charge is 0.491 e. The van der Waals surface area contributed by atoms with Gasteiger partial charge < -0.3 is 24.6 Å². The van der Waals surface area contributed by atoms with E-state index in [9.17, 15) is 9.90 Å². The van der Waals surface area contributed by atoms with Crippen molar-refractivity contribution < 1.29 is 24.1 Å². The number of nitrogens with one attached hydrogen (secondary N) is 1. The van der Waals surface area contributed by atoms with E-state index in [-0.39, 0.29) is 18.5 Å². The summed E-state index contributed by atoms with van der Waals surface area (Å²) in [6.45, 7) is 3.04. The van der Waals surface area contributed by atoms with E-state index >= 15 is 0 Å². The fraction of sp³-hybridized carbons (Fsp3) is 0.350. The smallest absolute Gasteiger partial charge is 0.161 e. The number of rotatable bonds is 8. The number of ketones is 1. The van der Waals surface area contributed by atoms with Gasteiger partial charge >= 0.3 is 0 Å². The summed E-state index contributed by atoms with van der Waals surface area (Å²) in [5, 5.41) is 13.2. The summed E-state index contributed by atoms with van der Waals surface area (Å²) >= 11 is 0. The fourth-order valence-corrected chi connectivity index (χ4v) is 2.63. The van der Waals surface area contributed by atoms with Gasteiger partial charge in [0.2, 0.25) is 0 Å². The summed E-state index contributed by atoms with van der Waals surface area (Å²) in [5.41, 5.74) is 0.588. The molecule has 3 rings (SSSR count). The van der Waals surface area contributed by atoms with E-state index in [0.717, 1.165) is 11.5 Å². The monoisotopic (exact) mass is 357 g/mol. The maximum Gasteiger partial charge on any atom is 0.161 e. The second-order valence-corrected chi connectivity index (χ2v) is 6.20. The Bertz CT molecular complexity index is 748. The quantitative estimate of drug-likeness (QED) is 0.704. The highest BCUT2D eigenvalue weighted by Gasteiger charge is 2.20. The van der Waals surface area contributed by atoms with Gasteiger partial charge in [-0.3, -0.25) is 4.79 Å². The Morgan fingerprint density at radius 2 is 2.08 bits per heavy atom. The number of hydrogen-bond acceptors (Lipinski definition) is 6. The van der Waals surface area contributed by atoms with Crippen molar-refractivity contribution in [2.45, 2.75) is 19.1 Å². The number of aliphatic hydroxyl groups excluding tert-OH is 1. The first-order valence-electron chi connectivity index (χ1n) is 8.63. The average Bonchev–Trinajstić information content (AvgIpc) is 2.66. The third-order valence-corrected chi connectivity index (χ3v) is 4.00. The first kappa shape index (κ1) is 18.2. The molecule has 0 radical (unpaired) electrons. The van der Waals surface area contributed by atoms with Crippen molar-refractivity contribution in [2.75, 3.05) is 26.3 Å². The Labute approximate surface area is 152 Å². The molecule has 0 spiro atoms. The Balaban J connectivity index is 1.38. The van der Waals surface area contributed by atoms with Crippen LogP contribution in [-0.2, 0) is 0 Å². The second-order valence-electron chi connectivity index (χ2n) is 6.20. The van der Waals surface area contributed by atoms with Gasteiger partial charge in [0.15, 0.2) is 17.3 Å². The molecule has 0 bridgehead atoms. The average molecular weight is 357 g/mol. The first-order valence-corrected chi connectivity index (χ1v) is 8.63. The van der Waals surface area contributed by atoms with E-state index < -0.39 is 6.10 Å². The van der Waals surface area contributed by atoms with Crippen molar-refractivity contribution in [3.05, 3.63) is 54.1 Å². The lowest BCUT2D eigenvalue weighted by molar-refractivity contribution is 0.0778. The summed E-state index contributed by atoms with van der Waals surface area (Å²) < 4.78 is 17.0. The molecule has 0 amide bonds. The molecule has 0 aromatic heterocycles. The van der Waals surface area contributed by atoms with Crippen LogP contribution in [0.5, 0.6) is 17.2 Å². The minimum Gasteiger partial charge on any atom is -0.491 e. The van der Waals surface area contributed by atoms with Crippen molar-refractivity contribution in [2.24, 2.45) is 0 Å². The highest BCUT2D eigenvalue weighted by Crippen LogP contribution is 2.30. The number of Topliss-reactive ketones (excluding diaryl/α,β-unsaturated/α-hetero) is 1. The van der Waals surface area contributed by atoms with Crippen LogP contribution in [-0.4, -0.2) is 49.4 Å². The van der Waals surface area contributed by atoms with Gasteiger partial charge in [-0.1, -0.05) is 24.3 Å². The molecule has 138 valence electrons. The molecule has 2 aromatic carbocycles. The predicted octanol–water partition coefficient (Wildman–Crippen LogP) is 2.06. The lowest BCUT2D eigenvalue weighted by Gasteiger charge is -2.27. The molecule has 0 saturated heterocycles. The van der Waals surface area contributed by atoms with Gasteiger partial charge in [0.25, 0.3) is 0 Å². The third-order valence-electron chi connectivity index (χ3n) is 4.00. The fourth-order valence-electron chi connectivity index (χ4n) is 2.63. The molecule has 0 fully saturated rings. The minimum absolute atomic E-state index is 0.0195. The molecule has 0 unspecified atom stereocenters. The molecule has 0 saturated carbocycles. The Morgan fingerprint density at radius 1 is 1.27 bits per heavy atom. The van der Waals surface area contributed by atoms with E-state index in [0.29, 0.717) is 31.0 Å². The van der Waals surface area contributed by atoms with Gasteiger partial charge in [-0.05, 0) is 31.2 Å². The summed E-state index contributed by atoms with van der Waals surface area (Å²) in [6, 6.07) is 14.5. The molecular weight excluding hydrogens is 334 g/mol. The lowest BCUT2D eigenvalue weighted by Crippen LogP contribution is -2.41. The van der Waals surface area contributed by atoms with Crippen molar-refractivity contribution in [1.29, 1.82) is 0 Å². The Morgan fingerprint density at radius 3 is 2.88 bits per heavy atom. The number of benzene rings is 2. The number of aliphatic hydroxyl groups is 1. The third kappa shape index (κ3) is 4.97. The zero-order chi connectivity index (χ0) is 18.4. The second kappa shape index (κ2) is 8.69. The van der Waals surface area contributed by atoms with E-state index in [1.165, 1.54) is 6.92 Å². The molecule has 6 heteroatoms. The van der Waals surface area contributed by atoms with Crippen molar-refractivity contribution in [3.63, 3.8) is 0 Å². The number of ether oxygens (including phenoxy) is 3. The summed E-state index contributed by atoms with van der Waals surface area (Å²) in [5.74, 6) is 2.04. The van der Waals surface area contributed by atoms with Crippen molar-refractivity contribution in [3.8, 4) is 17.2 Å². The summed E-state index contributed by atoms with van der Waals surface area (Å²) in [6.07, 6.45) is -0.780. The number of hydrogen-bond donors (Lipinski definition) is 2. The van der Waals surface area contributed by atoms with Crippen LogP contribution in [0.2, 0.25) is 0 Å². The molecule has 6 nitrogen and oxygen atoms in total. The van der Waals surface area contributed by atoms with Crippen LogP contribution in [0.4, 0.5) is 0 Å². The van der Waals surface area contributed by atoms with E-state index in [4.69, 9.17) is 14.2 Å². The molecule has 2 aromatic rings. The van der Waals surface area contributed by atoms with Gasteiger partial charge in [0.05, 0.1) is 0 Å². The zero-order valence-electron chi connectivity index (χ0n) is 14.7. The van der Waals surface area contributed by atoms with Gasteiger partial charge in [0, 0.05) is 18.7 Å². The summed E-state index contributed by atoms with van der Waals surface area (Å²) in [7, 11) is 0. The van der Waals surface area contributed by atoms with Gasteiger partial charge in [-0.15, -0.1) is 0 Å². The number of carbonyl (C=O) groups excluding carboxylic acids is 1. The van der Waals surface area contributed by atoms with Crippen LogP contribution < -0.4 is 19.5 Å². The van der Waals surface area contributed by atoms with Crippen LogP contribution in [0.25, 0.3) is 0 Å². The van der Waals surface area contributed by atoms with E-state index in [2.05, 4.69) is 5.32 Å². The van der Waals surface area contributed by atoms with Crippen LogP contribution >= 0.6 is 0 Å². The SMILES string of the molecule is CC(=O)c1cccc(OC[C@@H](O)CNC[C@@H]2COc3ccccc3O2)c1.